The van der Waals surface area contributed by atoms with E-state index in [4.69, 9.17) is 4.74 Å². The van der Waals surface area contributed by atoms with Crippen LogP contribution in [0.2, 0.25) is 0 Å². The summed E-state index contributed by atoms with van der Waals surface area (Å²) < 4.78 is 10.2. The highest BCUT2D eigenvalue weighted by molar-refractivity contribution is 5.88. The quantitative estimate of drug-likeness (QED) is 0.103. The van der Waals surface area contributed by atoms with Crippen LogP contribution in [0.3, 0.4) is 0 Å². The van der Waals surface area contributed by atoms with Gasteiger partial charge >= 0.3 is 5.97 Å². The molecule has 0 bridgehead atoms. The molecule has 0 fully saturated rings. The number of carbonyl (C=O) groups excluding carboxylic acids is 2. The summed E-state index contributed by atoms with van der Waals surface area (Å²) in [5, 5.41) is 23.7. The molecule has 0 saturated carbocycles. The topological polar surface area (TPSA) is 96.3 Å². The number of hydroxylamine groups is 2. The van der Waals surface area contributed by atoms with E-state index in [1.165, 1.54) is 33.0 Å². The number of hydrogen-bond acceptors (Lipinski definition) is 6. The molecule has 0 saturated heterocycles. The highest BCUT2D eigenvalue weighted by atomic mass is 16.6. The van der Waals surface area contributed by atoms with Crippen LogP contribution in [0.4, 0.5) is 0 Å². The van der Waals surface area contributed by atoms with Gasteiger partial charge in [0.2, 0.25) is 0 Å². The lowest BCUT2D eigenvalue weighted by molar-refractivity contribution is -0.190. The third-order valence-corrected chi connectivity index (χ3v) is 7.36. The first-order valence-electron chi connectivity index (χ1n) is 14.2. The van der Waals surface area contributed by atoms with Gasteiger partial charge in [0, 0.05) is 13.2 Å². The lowest BCUT2D eigenvalue weighted by Crippen LogP contribution is -2.49. The molecule has 0 spiro atoms. The van der Waals surface area contributed by atoms with Gasteiger partial charge < -0.3 is 14.6 Å². The number of aliphatic hydroxyl groups is 1. The van der Waals surface area contributed by atoms with Crippen LogP contribution in [0.5, 0.6) is 0 Å². The van der Waals surface area contributed by atoms with E-state index >= 15 is 0 Å². The summed E-state index contributed by atoms with van der Waals surface area (Å²) in [5.41, 5.74) is 5.08. The van der Waals surface area contributed by atoms with Crippen molar-refractivity contribution in [1.29, 1.82) is 0 Å². The zero-order valence-corrected chi connectivity index (χ0v) is 24.0. The van der Waals surface area contributed by atoms with E-state index in [0.29, 0.717) is 17.9 Å². The number of benzene rings is 3. The fourth-order valence-corrected chi connectivity index (χ4v) is 4.74. The molecule has 0 unspecified atom stereocenters. The van der Waals surface area contributed by atoms with Crippen molar-refractivity contribution in [2.75, 3.05) is 20.3 Å². The molecule has 7 heteroatoms. The summed E-state index contributed by atoms with van der Waals surface area (Å²) in [7, 11) is 1.13. The Kier molecular flexibility index (Phi) is 12.6. The minimum absolute atomic E-state index is 0.0836. The Labute approximate surface area is 237 Å². The Hall–Kier alpha value is -3.26. The van der Waals surface area contributed by atoms with Crippen LogP contribution in [0.1, 0.15) is 60.8 Å². The molecular formula is C33H43NO6. The molecule has 0 heterocycles. The number of rotatable bonds is 16. The van der Waals surface area contributed by atoms with Crippen molar-refractivity contribution >= 4 is 22.6 Å². The molecule has 2 N–H and O–H groups in total. The van der Waals surface area contributed by atoms with E-state index < -0.39 is 24.1 Å². The van der Waals surface area contributed by atoms with Crippen molar-refractivity contribution in [3.63, 3.8) is 0 Å². The number of nitrogens with zero attached hydrogens (tertiary/aromatic N) is 1. The molecule has 0 radical (unpaired) electrons. The predicted molar refractivity (Wildman–Crippen MR) is 156 cm³/mol. The van der Waals surface area contributed by atoms with Gasteiger partial charge in [0.25, 0.3) is 5.91 Å². The van der Waals surface area contributed by atoms with E-state index in [0.717, 1.165) is 45.6 Å². The maximum atomic E-state index is 12.9. The molecule has 3 rings (SSSR count). The van der Waals surface area contributed by atoms with Crippen LogP contribution >= 0.6 is 0 Å². The van der Waals surface area contributed by atoms with Gasteiger partial charge in [0.05, 0.1) is 7.11 Å². The second-order valence-corrected chi connectivity index (χ2v) is 10.4. The summed E-state index contributed by atoms with van der Waals surface area (Å²) in [4.78, 5) is 24.8. The van der Waals surface area contributed by atoms with E-state index in [9.17, 15) is 19.9 Å². The predicted octanol–water partition coefficient (Wildman–Crippen LogP) is 5.72. The maximum Gasteiger partial charge on any atom is 0.338 e. The lowest BCUT2D eigenvalue weighted by atomic mass is 10.0. The summed E-state index contributed by atoms with van der Waals surface area (Å²) in [5.74, 6) is -1.82. The summed E-state index contributed by atoms with van der Waals surface area (Å²) >= 11 is 0. The summed E-state index contributed by atoms with van der Waals surface area (Å²) in [6.45, 7) is 4.46. The first kappa shape index (κ1) is 31.3. The van der Waals surface area contributed by atoms with Gasteiger partial charge in [0.15, 0.2) is 12.2 Å². The second kappa shape index (κ2) is 16.1. The fraction of sp³-hybridized carbons (Fsp3) is 0.455. The summed E-state index contributed by atoms with van der Waals surface area (Å²) in [6, 6.07) is 21.2. The monoisotopic (exact) mass is 549 g/mol. The minimum atomic E-state index is -1.81. The van der Waals surface area contributed by atoms with Gasteiger partial charge in [-0.3, -0.25) is 10.0 Å². The molecule has 3 aromatic carbocycles. The number of methoxy groups -OCH3 is 1. The van der Waals surface area contributed by atoms with Crippen molar-refractivity contribution in [2.24, 2.45) is 0 Å². The number of carbonyl (C=O) groups is 2. The van der Waals surface area contributed by atoms with Crippen LogP contribution < -0.4 is 0 Å². The Morgan fingerprint density at radius 2 is 1.45 bits per heavy atom. The highest BCUT2D eigenvalue weighted by Gasteiger charge is 2.36. The van der Waals surface area contributed by atoms with E-state index in [-0.39, 0.29) is 13.2 Å². The van der Waals surface area contributed by atoms with Crippen LogP contribution in [0.15, 0.2) is 60.7 Å². The standard InChI is InChI=1S/C33H43NO6/c1-24-16-17-26(22-25(24)2)12-7-5-11-21-40-31(30(35)33(37)39-3)32(36)34(38)20-10-4-6-13-27-18-19-28-14-8-9-15-29(28)23-27/h8-9,14-19,22-23,30-31,35,38H,4-7,10-13,20-21H2,1-3H3/t30-,31-/m1/s1. The number of fused-ring (bicyclic) bond motifs is 1. The molecule has 0 aliphatic heterocycles. The Balaban J connectivity index is 1.40. The van der Waals surface area contributed by atoms with Gasteiger partial charge in [-0.15, -0.1) is 0 Å². The van der Waals surface area contributed by atoms with Gasteiger partial charge in [0.1, 0.15) is 0 Å². The average molecular weight is 550 g/mol. The van der Waals surface area contributed by atoms with Crippen LogP contribution in [0.25, 0.3) is 10.8 Å². The van der Waals surface area contributed by atoms with Crippen molar-refractivity contribution in [2.45, 2.75) is 77.4 Å². The molecule has 2 atom stereocenters. The number of unbranched alkanes of at least 4 members (excludes halogenated alkanes) is 4. The SMILES string of the molecule is COC(=O)[C@H](O)[C@@H](OCCCCCc1ccc(C)c(C)c1)C(=O)N(O)CCCCCc1ccc2ccccc2c1. The number of hydrogen-bond donors (Lipinski definition) is 2. The average Bonchev–Trinajstić information content (AvgIpc) is 2.97. The van der Waals surface area contributed by atoms with Gasteiger partial charge in [-0.25, -0.2) is 9.86 Å². The molecular weight excluding hydrogens is 506 g/mol. The Morgan fingerprint density at radius 1 is 0.800 bits per heavy atom. The van der Waals surface area contributed by atoms with Crippen molar-refractivity contribution in [3.8, 4) is 0 Å². The fourth-order valence-electron chi connectivity index (χ4n) is 4.74. The van der Waals surface area contributed by atoms with Gasteiger partial charge in [-0.05, 0) is 85.4 Å². The lowest BCUT2D eigenvalue weighted by Gasteiger charge is -2.25. The van der Waals surface area contributed by atoms with Crippen LogP contribution in [-0.4, -0.2) is 59.7 Å². The maximum absolute atomic E-state index is 12.9. The molecule has 40 heavy (non-hydrogen) atoms. The second-order valence-electron chi connectivity index (χ2n) is 10.4. The Bertz CT molecular complexity index is 1240. The normalized spacial score (nSPS) is 12.7. The number of ether oxygens (including phenoxy) is 2. The third-order valence-electron chi connectivity index (χ3n) is 7.36. The van der Waals surface area contributed by atoms with E-state index in [2.05, 4.69) is 67.1 Å². The minimum Gasteiger partial charge on any atom is -0.467 e. The third kappa shape index (κ3) is 9.44. The highest BCUT2D eigenvalue weighted by Crippen LogP contribution is 2.18. The van der Waals surface area contributed by atoms with Crippen molar-refractivity contribution < 1.29 is 29.4 Å². The van der Waals surface area contributed by atoms with Crippen LogP contribution in [-0.2, 0) is 31.9 Å². The van der Waals surface area contributed by atoms with E-state index in [1.54, 1.807) is 0 Å². The smallest absolute Gasteiger partial charge is 0.338 e. The number of amides is 1. The van der Waals surface area contributed by atoms with Crippen molar-refractivity contribution in [3.05, 3.63) is 82.9 Å². The summed E-state index contributed by atoms with van der Waals surface area (Å²) in [6.07, 6.45) is 3.29. The Morgan fingerprint density at radius 3 is 2.15 bits per heavy atom. The van der Waals surface area contributed by atoms with Crippen LogP contribution in [0, 0.1) is 13.8 Å². The zero-order chi connectivity index (χ0) is 28.9. The van der Waals surface area contributed by atoms with Gasteiger partial charge in [-0.2, -0.15) is 0 Å². The molecule has 216 valence electrons. The molecule has 7 nitrogen and oxygen atoms in total. The molecule has 0 aliphatic carbocycles. The number of aliphatic hydroxyl groups excluding tert-OH is 1. The largest absolute Gasteiger partial charge is 0.467 e. The zero-order valence-electron chi connectivity index (χ0n) is 24.0. The van der Waals surface area contributed by atoms with E-state index in [1.807, 2.05) is 12.1 Å². The number of aryl methyl sites for hydroxylation is 4. The molecule has 0 aliphatic rings. The molecule has 1 amide bonds. The van der Waals surface area contributed by atoms with Crippen molar-refractivity contribution in [1.82, 2.24) is 5.06 Å². The molecule has 3 aromatic rings. The number of esters is 1. The molecule has 0 aromatic heterocycles. The van der Waals surface area contributed by atoms with Gasteiger partial charge in [-0.1, -0.05) is 73.5 Å². The first-order valence-corrected chi connectivity index (χ1v) is 14.2. The first-order chi connectivity index (χ1) is 19.3.